The molecule has 0 radical (unpaired) electrons. The molecule has 0 saturated carbocycles. The van der Waals surface area contributed by atoms with Crippen molar-refractivity contribution in [3.63, 3.8) is 0 Å². The van der Waals surface area contributed by atoms with Crippen LogP contribution in [-0.2, 0) is 5.60 Å². The monoisotopic (exact) mass is 277 g/mol. The van der Waals surface area contributed by atoms with E-state index in [1.807, 2.05) is 30.3 Å². The molecule has 2 aromatic rings. The first-order chi connectivity index (χ1) is 9.08. The largest absolute Gasteiger partial charge is 0.465 e. The number of rotatable bonds is 1. The molecule has 1 saturated heterocycles. The quantitative estimate of drug-likeness (QED) is 0.842. The van der Waals surface area contributed by atoms with Crippen molar-refractivity contribution in [3.8, 4) is 0 Å². The number of hydrogen-bond donors (Lipinski definition) is 2. The first-order valence-electron chi connectivity index (χ1n) is 6.28. The third kappa shape index (κ3) is 2.19. The van der Waals surface area contributed by atoms with Crippen LogP contribution in [0.1, 0.15) is 17.7 Å². The van der Waals surface area contributed by atoms with E-state index < -0.39 is 11.7 Å². The number of benzene rings is 1. The Kier molecular flexibility index (Phi) is 2.95. The van der Waals surface area contributed by atoms with Crippen molar-refractivity contribution in [1.82, 2.24) is 4.90 Å². The van der Waals surface area contributed by atoms with Crippen LogP contribution in [0.3, 0.4) is 0 Å². The molecule has 0 spiro atoms. The number of nitrogens with zero attached hydrogens (tertiary/aromatic N) is 1. The fourth-order valence-electron chi connectivity index (χ4n) is 2.53. The Hall–Kier alpha value is -1.59. The van der Waals surface area contributed by atoms with Crippen LogP contribution in [0.5, 0.6) is 0 Å². The summed E-state index contributed by atoms with van der Waals surface area (Å²) in [5, 5.41) is 20.8. The molecule has 1 aromatic heterocycles. The SMILES string of the molecule is O=C(O)N1CCC(O)(c2cc3ccccc3s2)CC1. The molecule has 4 nitrogen and oxygen atoms in total. The highest BCUT2D eigenvalue weighted by Gasteiger charge is 2.36. The molecule has 1 aliphatic rings. The van der Waals surface area contributed by atoms with E-state index in [-0.39, 0.29) is 0 Å². The molecular formula is C14H15NO3S. The molecule has 0 unspecified atom stereocenters. The zero-order valence-corrected chi connectivity index (χ0v) is 11.2. The molecule has 19 heavy (non-hydrogen) atoms. The third-order valence-electron chi connectivity index (χ3n) is 3.75. The summed E-state index contributed by atoms with van der Waals surface area (Å²) < 4.78 is 1.16. The topological polar surface area (TPSA) is 60.8 Å². The minimum Gasteiger partial charge on any atom is -0.465 e. The van der Waals surface area contributed by atoms with Crippen molar-refractivity contribution >= 4 is 27.5 Å². The molecule has 1 aliphatic heterocycles. The number of carbonyl (C=O) groups is 1. The van der Waals surface area contributed by atoms with Gasteiger partial charge in [-0.3, -0.25) is 0 Å². The lowest BCUT2D eigenvalue weighted by atomic mass is 9.90. The van der Waals surface area contributed by atoms with E-state index >= 15 is 0 Å². The second-order valence-corrected chi connectivity index (χ2v) is 6.03. The maximum atomic E-state index is 10.9. The summed E-state index contributed by atoms with van der Waals surface area (Å²) in [6, 6.07) is 10.1. The molecule has 3 rings (SSSR count). The van der Waals surface area contributed by atoms with Gasteiger partial charge in [0.15, 0.2) is 0 Å². The molecule has 1 fully saturated rings. The van der Waals surface area contributed by atoms with E-state index in [0.717, 1.165) is 15.0 Å². The van der Waals surface area contributed by atoms with Crippen molar-refractivity contribution in [1.29, 1.82) is 0 Å². The van der Waals surface area contributed by atoms with Crippen LogP contribution in [0.25, 0.3) is 10.1 Å². The summed E-state index contributed by atoms with van der Waals surface area (Å²) in [6.45, 7) is 0.778. The summed E-state index contributed by atoms with van der Waals surface area (Å²) in [5.74, 6) is 0. The van der Waals surface area contributed by atoms with Gasteiger partial charge in [-0.2, -0.15) is 0 Å². The Morgan fingerprint density at radius 3 is 2.58 bits per heavy atom. The number of aliphatic hydroxyl groups is 1. The maximum absolute atomic E-state index is 10.9. The van der Waals surface area contributed by atoms with Gasteiger partial charge in [0.2, 0.25) is 0 Å². The van der Waals surface area contributed by atoms with Crippen LogP contribution in [0.15, 0.2) is 30.3 Å². The van der Waals surface area contributed by atoms with Crippen molar-refractivity contribution < 1.29 is 15.0 Å². The lowest BCUT2D eigenvalue weighted by molar-refractivity contribution is -0.0183. The number of likely N-dealkylation sites (tertiary alicyclic amines) is 1. The van der Waals surface area contributed by atoms with E-state index in [1.54, 1.807) is 11.3 Å². The minimum atomic E-state index is -0.904. The molecule has 0 aliphatic carbocycles. The van der Waals surface area contributed by atoms with Crippen molar-refractivity contribution in [2.75, 3.05) is 13.1 Å². The molecule has 5 heteroatoms. The molecule has 2 N–H and O–H groups in total. The van der Waals surface area contributed by atoms with Crippen LogP contribution in [-0.4, -0.2) is 34.3 Å². The summed E-state index contributed by atoms with van der Waals surface area (Å²) in [7, 11) is 0. The van der Waals surface area contributed by atoms with Crippen LogP contribution in [0, 0.1) is 0 Å². The Morgan fingerprint density at radius 2 is 1.95 bits per heavy atom. The van der Waals surface area contributed by atoms with E-state index in [9.17, 15) is 9.90 Å². The van der Waals surface area contributed by atoms with Crippen LogP contribution >= 0.6 is 11.3 Å². The molecule has 2 heterocycles. The van der Waals surface area contributed by atoms with Crippen LogP contribution in [0.4, 0.5) is 4.79 Å². The second kappa shape index (κ2) is 4.51. The standard InChI is InChI=1S/C14H15NO3S/c16-13(17)15-7-5-14(18,6-8-15)12-9-10-3-1-2-4-11(10)19-12/h1-4,9,18H,5-8H2,(H,16,17). The van der Waals surface area contributed by atoms with Gasteiger partial charge in [0.25, 0.3) is 0 Å². The number of thiophene rings is 1. The number of piperidine rings is 1. The fourth-order valence-corrected chi connectivity index (χ4v) is 3.73. The molecular weight excluding hydrogens is 262 g/mol. The Morgan fingerprint density at radius 1 is 1.26 bits per heavy atom. The van der Waals surface area contributed by atoms with Crippen molar-refractivity contribution in [3.05, 3.63) is 35.2 Å². The second-order valence-electron chi connectivity index (χ2n) is 4.95. The summed E-state index contributed by atoms with van der Waals surface area (Å²) in [5.41, 5.74) is -0.879. The molecule has 1 aromatic carbocycles. The van der Waals surface area contributed by atoms with Gasteiger partial charge in [-0.25, -0.2) is 4.79 Å². The van der Waals surface area contributed by atoms with Gasteiger partial charge in [0, 0.05) is 22.7 Å². The highest BCUT2D eigenvalue weighted by Crippen LogP contribution is 2.39. The van der Waals surface area contributed by atoms with Gasteiger partial charge in [-0.05, 0) is 30.4 Å². The fraction of sp³-hybridized carbons (Fsp3) is 0.357. The van der Waals surface area contributed by atoms with Gasteiger partial charge in [0.05, 0.1) is 0 Å². The van der Waals surface area contributed by atoms with Crippen molar-refractivity contribution in [2.45, 2.75) is 18.4 Å². The lowest BCUT2D eigenvalue weighted by Gasteiger charge is -2.36. The Labute approximate surface area is 114 Å². The number of fused-ring (bicyclic) bond motifs is 1. The normalized spacial score (nSPS) is 18.7. The van der Waals surface area contributed by atoms with Crippen LogP contribution in [0.2, 0.25) is 0 Å². The molecule has 100 valence electrons. The smallest absolute Gasteiger partial charge is 0.407 e. The van der Waals surface area contributed by atoms with E-state index in [2.05, 4.69) is 0 Å². The summed E-state index contributed by atoms with van der Waals surface area (Å²) >= 11 is 1.60. The van der Waals surface area contributed by atoms with Gasteiger partial charge in [-0.15, -0.1) is 11.3 Å². The van der Waals surface area contributed by atoms with Gasteiger partial charge in [-0.1, -0.05) is 18.2 Å². The number of hydrogen-bond acceptors (Lipinski definition) is 3. The Bertz CT molecular complexity index is 581. The first-order valence-corrected chi connectivity index (χ1v) is 7.09. The average Bonchev–Trinajstić information content (AvgIpc) is 2.83. The molecule has 1 amide bonds. The van der Waals surface area contributed by atoms with Gasteiger partial charge in [0.1, 0.15) is 5.60 Å². The number of carboxylic acid groups (broad SMARTS) is 1. The zero-order valence-electron chi connectivity index (χ0n) is 10.4. The van der Waals surface area contributed by atoms with E-state index in [4.69, 9.17) is 5.11 Å². The van der Waals surface area contributed by atoms with E-state index in [0.29, 0.717) is 25.9 Å². The minimum absolute atomic E-state index is 0.389. The van der Waals surface area contributed by atoms with Gasteiger partial charge < -0.3 is 15.1 Å². The predicted molar refractivity (Wildman–Crippen MR) is 74.6 cm³/mol. The third-order valence-corrected chi connectivity index (χ3v) is 5.05. The summed E-state index contributed by atoms with van der Waals surface area (Å²) in [4.78, 5) is 13.2. The maximum Gasteiger partial charge on any atom is 0.407 e. The van der Waals surface area contributed by atoms with Gasteiger partial charge >= 0.3 is 6.09 Å². The highest BCUT2D eigenvalue weighted by atomic mass is 32.1. The highest BCUT2D eigenvalue weighted by molar-refractivity contribution is 7.19. The van der Waals surface area contributed by atoms with E-state index in [1.165, 1.54) is 4.90 Å². The summed E-state index contributed by atoms with van der Waals surface area (Å²) in [6.07, 6.45) is 0.0245. The lowest BCUT2D eigenvalue weighted by Crippen LogP contribution is -2.44. The van der Waals surface area contributed by atoms with Crippen molar-refractivity contribution in [2.24, 2.45) is 0 Å². The average molecular weight is 277 g/mol. The molecule has 0 bridgehead atoms. The van der Waals surface area contributed by atoms with Crippen LogP contribution < -0.4 is 0 Å². The zero-order chi connectivity index (χ0) is 13.5. The first kappa shape index (κ1) is 12.4. The predicted octanol–water partition coefficient (Wildman–Crippen LogP) is 2.86. The number of amides is 1. The molecule has 0 atom stereocenters. The Balaban J connectivity index is 1.87.